The molecule has 0 aliphatic heterocycles. The lowest BCUT2D eigenvalue weighted by Gasteiger charge is -1.75. The summed E-state index contributed by atoms with van der Waals surface area (Å²) in [6.45, 7) is 5.25. The zero-order chi connectivity index (χ0) is 5.70. The summed E-state index contributed by atoms with van der Waals surface area (Å²) in [5.74, 6) is 0. The van der Waals surface area contributed by atoms with Gasteiger partial charge in [0.05, 0.1) is 0 Å². The Labute approximate surface area is 43.3 Å². The molecule has 1 heteroatoms. The molecular formula is C6H8O. The Kier molecular flexibility index (Phi) is 2.94. The third kappa shape index (κ3) is 2.97. The molecule has 0 saturated carbocycles. The summed E-state index contributed by atoms with van der Waals surface area (Å²) in [5, 5.41) is 0. The number of rotatable bonds is 2. The van der Waals surface area contributed by atoms with Crippen molar-refractivity contribution in [3.8, 4) is 0 Å². The maximum absolute atomic E-state index is 9.74. The van der Waals surface area contributed by atoms with Gasteiger partial charge in [0, 0.05) is 5.57 Å². The van der Waals surface area contributed by atoms with Crippen LogP contribution in [0.2, 0.25) is 0 Å². The highest BCUT2D eigenvalue weighted by molar-refractivity contribution is 5.76. The van der Waals surface area contributed by atoms with E-state index in [1.165, 1.54) is 0 Å². The Morgan fingerprint density at radius 3 is 2.43 bits per heavy atom. The SMILES string of the molecule is C=C(C=O)/C=C/C. The average Bonchev–Trinajstić information content (AvgIpc) is 1.68. The van der Waals surface area contributed by atoms with Crippen LogP contribution < -0.4 is 0 Å². The van der Waals surface area contributed by atoms with Crippen molar-refractivity contribution in [1.29, 1.82) is 0 Å². The first-order chi connectivity index (χ1) is 3.31. The quantitative estimate of drug-likeness (QED) is 0.288. The lowest BCUT2D eigenvalue weighted by molar-refractivity contribution is -0.104. The second-order valence-corrected chi connectivity index (χ2v) is 1.19. The zero-order valence-electron chi connectivity index (χ0n) is 4.35. The third-order valence-corrected chi connectivity index (χ3v) is 0.532. The lowest BCUT2D eigenvalue weighted by Crippen LogP contribution is -1.70. The number of hydrogen-bond acceptors (Lipinski definition) is 1. The summed E-state index contributed by atoms with van der Waals surface area (Å²) in [4.78, 5) is 9.74. The smallest absolute Gasteiger partial charge is 0.149 e. The van der Waals surface area contributed by atoms with E-state index in [-0.39, 0.29) is 0 Å². The fourth-order valence-electron chi connectivity index (χ4n) is 0.253. The van der Waals surface area contributed by atoms with Crippen LogP contribution in [0.3, 0.4) is 0 Å². The second-order valence-electron chi connectivity index (χ2n) is 1.19. The molecule has 0 saturated heterocycles. The van der Waals surface area contributed by atoms with E-state index in [0.717, 1.165) is 6.29 Å². The highest BCUT2D eigenvalue weighted by atomic mass is 16.1. The average molecular weight is 96.1 g/mol. The Balaban J connectivity index is 3.58. The molecule has 0 heterocycles. The molecule has 0 aliphatic rings. The molecule has 0 rings (SSSR count). The predicted molar refractivity (Wildman–Crippen MR) is 30.0 cm³/mol. The van der Waals surface area contributed by atoms with Crippen LogP contribution in [0.1, 0.15) is 6.92 Å². The fourth-order valence-corrected chi connectivity index (χ4v) is 0.253. The first-order valence-electron chi connectivity index (χ1n) is 2.08. The Hall–Kier alpha value is -0.850. The van der Waals surface area contributed by atoms with Gasteiger partial charge in [-0.1, -0.05) is 18.7 Å². The van der Waals surface area contributed by atoms with Gasteiger partial charge in [-0.05, 0) is 6.92 Å². The highest BCUT2D eigenvalue weighted by Gasteiger charge is 1.74. The molecule has 0 atom stereocenters. The molecule has 38 valence electrons. The van der Waals surface area contributed by atoms with Crippen LogP contribution in [0, 0.1) is 0 Å². The maximum atomic E-state index is 9.74. The number of carbonyl (C=O) groups excluding carboxylic acids is 1. The van der Waals surface area contributed by atoms with E-state index >= 15 is 0 Å². The van der Waals surface area contributed by atoms with Crippen LogP contribution in [0.4, 0.5) is 0 Å². The molecule has 0 radical (unpaired) electrons. The van der Waals surface area contributed by atoms with Gasteiger partial charge in [-0.25, -0.2) is 0 Å². The van der Waals surface area contributed by atoms with Gasteiger partial charge in [-0.3, -0.25) is 4.79 Å². The van der Waals surface area contributed by atoms with Crippen molar-refractivity contribution < 1.29 is 4.79 Å². The largest absolute Gasteiger partial charge is 0.298 e. The normalized spacial score (nSPS) is 9.29. The van der Waals surface area contributed by atoms with Gasteiger partial charge < -0.3 is 0 Å². The van der Waals surface area contributed by atoms with Gasteiger partial charge in [-0.2, -0.15) is 0 Å². The first kappa shape index (κ1) is 6.15. The minimum Gasteiger partial charge on any atom is -0.298 e. The Bertz CT molecular complexity index is 101. The van der Waals surface area contributed by atoms with Gasteiger partial charge in [0.1, 0.15) is 6.29 Å². The van der Waals surface area contributed by atoms with Crippen LogP contribution in [0.15, 0.2) is 24.3 Å². The van der Waals surface area contributed by atoms with Gasteiger partial charge in [0.2, 0.25) is 0 Å². The summed E-state index contributed by atoms with van der Waals surface area (Å²) >= 11 is 0. The van der Waals surface area contributed by atoms with E-state index in [1.54, 1.807) is 12.2 Å². The Morgan fingerprint density at radius 2 is 2.29 bits per heavy atom. The van der Waals surface area contributed by atoms with Crippen molar-refractivity contribution in [2.24, 2.45) is 0 Å². The second kappa shape index (κ2) is 3.34. The van der Waals surface area contributed by atoms with Crippen LogP contribution >= 0.6 is 0 Å². The topological polar surface area (TPSA) is 17.1 Å². The molecule has 0 aliphatic carbocycles. The van der Waals surface area contributed by atoms with Crippen molar-refractivity contribution >= 4 is 6.29 Å². The number of carbonyl (C=O) groups is 1. The van der Waals surface area contributed by atoms with E-state index in [9.17, 15) is 4.79 Å². The predicted octanol–water partition coefficient (Wildman–Crippen LogP) is 1.32. The summed E-state index contributed by atoms with van der Waals surface area (Å²) < 4.78 is 0. The summed E-state index contributed by atoms with van der Waals surface area (Å²) in [6, 6.07) is 0. The van der Waals surface area contributed by atoms with E-state index < -0.39 is 0 Å². The molecule has 0 spiro atoms. The van der Waals surface area contributed by atoms with Gasteiger partial charge in [0.15, 0.2) is 0 Å². The molecule has 0 unspecified atom stereocenters. The fraction of sp³-hybridized carbons (Fsp3) is 0.167. The molecule has 0 fully saturated rings. The van der Waals surface area contributed by atoms with Crippen LogP contribution in [-0.4, -0.2) is 6.29 Å². The molecule has 1 nitrogen and oxygen atoms in total. The van der Waals surface area contributed by atoms with Crippen LogP contribution in [0.5, 0.6) is 0 Å². The zero-order valence-corrected chi connectivity index (χ0v) is 4.35. The standard InChI is InChI=1S/C6H8O/c1-3-4-6(2)5-7/h3-5H,2H2,1H3/b4-3+. The molecule has 0 amide bonds. The highest BCUT2D eigenvalue weighted by Crippen LogP contribution is 1.83. The van der Waals surface area contributed by atoms with Gasteiger partial charge in [0.25, 0.3) is 0 Å². The van der Waals surface area contributed by atoms with Crippen molar-refractivity contribution in [2.75, 3.05) is 0 Å². The van der Waals surface area contributed by atoms with E-state index in [1.807, 2.05) is 6.92 Å². The maximum Gasteiger partial charge on any atom is 0.149 e. The summed E-state index contributed by atoms with van der Waals surface area (Å²) in [7, 11) is 0. The van der Waals surface area contributed by atoms with Crippen molar-refractivity contribution in [3.63, 3.8) is 0 Å². The van der Waals surface area contributed by atoms with Crippen LogP contribution in [-0.2, 0) is 4.79 Å². The van der Waals surface area contributed by atoms with Gasteiger partial charge >= 0.3 is 0 Å². The van der Waals surface area contributed by atoms with Crippen molar-refractivity contribution in [2.45, 2.75) is 6.92 Å². The monoisotopic (exact) mass is 96.1 g/mol. The first-order valence-corrected chi connectivity index (χ1v) is 2.08. The minimum absolute atomic E-state index is 0.516. The molecule has 0 bridgehead atoms. The van der Waals surface area contributed by atoms with Crippen molar-refractivity contribution in [3.05, 3.63) is 24.3 Å². The van der Waals surface area contributed by atoms with E-state index in [4.69, 9.17) is 0 Å². The number of aldehydes is 1. The molecule has 7 heavy (non-hydrogen) atoms. The summed E-state index contributed by atoms with van der Waals surface area (Å²) in [5.41, 5.74) is 0.516. The van der Waals surface area contributed by atoms with Gasteiger partial charge in [-0.15, -0.1) is 0 Å². The number of allylic oxidation sites excluding steroid dienone is 3. The molecule has 0 aromatic carbocycles. The molecular weight excluding hydrogens is 88.1 g/mol. The Morgan fingerprint density at radius 1 is 1.71 bits per heavy atom. The van der Waals surface area contributed by atoms with E-state index in [0.29, 0.717) is 5.57 Å². The lowest BCUT2D eigenvalue weighted by atomic mass is 10.3. The molecule has 0 aromatic heterocycles. The number of hydrogen-bond donors (Lipinski definition) is 0. The van der Waals surface area contributed by atoms with Crippen molar-refractivity contribution in [1.82, 2.24) is 0 Å². The van der Waals surface area contributed by atoms with Crippen LogP contribution in [0.25, 0.3) is 0 Å². The molecule has 0 aromatic rings. The third-order valence-electron chi connectivity index (χ3n) is 0.532. The molecule has 0 N–H and O–H groups in total. The summed E-state index contributed by atoms with van der Waals surface area (Å²) in [6.07, 6.45) is 4.16. The minimum atomic E-state index is 0.516. The van der Waals surface area contributed by atoms with E-state index in [2.05, 4.69) is 6.58 Å².